The second-order valence-electron chi connectivity index (χ2n) is 3.58. The van der Waals surface area contributed by atoms with Crippen LogP contribution in [0.4, 0.5) is 19.0 Å². The summed E-state index contributed by atoms with van der Waals surface area (Å²) in [5, 5.41) is 14.5. The fraction of sp³-hybridized carbons (Fsp3) is 0.556. The molecule has 2 N–H and O–H groups in total. The van der Waals surface area contributed by atoms with Gasteiger partial charge in [-0.15, -0.1) is 0 Å². The molecular formula is C9H13BF3N3O2. The zero-order chi connectivity index (χ0) is 13.9. The molecule has 0 aliphatic rings. The van der Waals surface area contributed by atoms with E-state index in [1.54, 1.807) is 6.92 Å². The van der Waals surface area contributed by atoms with Gasteiger partial charge in [0.15, 0.2) is 0 Å². The number of rotatable bonds is 4. The van der Waals surface area contributed by atoms with Crippen LogP contribution in [0.1, 0.15) is 25.0 Å². The van der Waals surface area contributed by atoms with Crippen molar-refractivity contribution in [1.82, 2.24) is 10.2 Å². The minimum atomic E-state index is -4.74. The van der Waals surface area contributed by atoms with Crippen molar-refractivity contribution in [3.63, 3.8) is 0 Å². The summed E-state index contributed by atoms with van der Waals surface area (Å²) in [5.74, 6) is -0.0468. The highest BCUT2D eigenvalue weighted by Crippen LogP contribution is 2.32. The standard InChI is InChI=1S/C9H13BF3N3O2/c1-3-5-6(9(11,12)13)8(17)15-14-7(5)16(4-2)10-18/h10,18H,3-4H2,1-2H3,(H,15,17). The average molecular weight is 263 g/mol. The van der Waals surface area contributed by atoms with Gasteiger partial charge in [0.1, 0.15) is 11.4 Å². The first kappa shape index (κ1) is 14.6. The normalized spacial score (nSPS) is 11.4. The van der Waals surface area contributed by atoms with Crippen LogP contribution in [0.15, 0.2) is 4.79 Å². The highest BCUT2D eigenvalue weighted by atomic mass is 19.4. The molecule has 1 heterocycles. The summed E-state index contributed by atoms with van der Waals surface area (Å²) in [4.78, 5) is 12.5. The second-order valence-corrected chi connectivity index (χ2v) is 3.58. The number of nitrogens with zero attached hydrogens (tertiary/aromatic N) is 2. The van der Waals surface area contributed by atoms with Gasteiger partial charge in [0.25, 0.3) is 5.56 Å². The van der Waals surface area contributed by atoms with Crippen molar-refractivity contribution >= 4 is 13.4 Å². The third-order valence-corrected chi connectivity index (χ3v) is 2.55. The molecule has 0 amide bonds. The molecule has 0 radical (unpaired) electrons. The number of H-pyrrole nitrogens is 1. The van der Waals surface area contributed by atoms with Gasteiger partial charge in [0, 0.05) is 12.1 Å². The molecule has 0 saturated carbocycles. The lowest BCUT2D eigenvalue weighted by atomic mass is 10.0. The zero-order valence-corrected chi connectivity index (χ0v) is 10.0. The predicted octanol–water partition coefficient (Wildman–Crippen LogP) is 0.436. The summed E-state index contributed by atoms with van der Waals surface area (Å²) in [6, 6.07) is 0. The number of anilines is 1. The van der Waals surface area contributed by atoms with E-state index < -0.39 is 24.9 Å². The first-order chi connectivity index (χ1) is 8.36. The van der Waals surface area contributed by atoms with Gasteiger partial charge in [-0.3, -0.25) is 4.79 Å². The topological polar surface area (TPSA) is 69.2 Å². The molecule has 9 heteroatoms. The lowest BCUT2D eigenvalue weighted by Gasteiger charge is -2.22. The summed E-state index contributed by atoms with van der Waals surface area (Å²) >= 11 is 0. The Balaban J connectivity index is 3.53. The van der Waals surface area contributed by atoms with Crippen molar-refractivity contribution in [2.45, 2.75) is 26.4 Å². The van der Waals surface area contributed by atoms with Gasteiger partial charge < -0.3 is 9.83 Å². The Morgan fingerprint density at radius 1 is 1.44 bits per heavy atom. The molecule has 0 fully saturated rings. The number of alkyl halides is 3. The number of hydrogen-bond acceptors (Lipinski definition) is 4. The third kappa shape index (κ3) is 2.66. The van der Waals surface area contributed by atoms with E-state index in [1.807, 2.05) is 5.10 Å². The lowest BCUT2D eigenvalue weighted by Crippen LogP contribution is -2.33. The van der Waals surface area contributed by atoms with E-state index in [9.17, 15) is 18.0 Å². The second kappa shape index (κ2) is 5.43. The maximum atomic E-state index is 12.8. The smallest absolute Gasteiger partial charge is 0.422 e. The molecule has 0 aromatic carbocycles. The van der Waals surface area contributed by atoms with Gasteiger partial charge in [0.05, 0.1) is 0 Å². The van der Waals surface area contributed by atoms with E-state index in [2.05, 4.69) is 5.10 Å². The van der Waals surface area contributed by atoms with Crippen LogP contribution in [-0.4, -0.2) is 29.4 Å². The molecule has 1 aromatic heterocycles. The number of halogens is 3. The zero-order valence-electron chi connectivity index (χ0n) is 10.0. The van der Waals surface area contributed by atoms with Crippen LogP contribution >= 0.6 is 0 Å². The van der Waals surface area contributed by atoms with Crippen LogP contribution in [-0.2, 0) is 12.6 Å². The predicted molar refractivity (Wildman–Crippen MR) is 61.6 cm³/mol. The van der Waals surface area contributed by atoms with Gasteiger partial charge in [0.2, 0.25) is 0 Å². The highest BCUT2D eigenvalue weighted by molar-refractivity contribution is 6.32. The molecule has 5 nitrogen and oxygen atoms in total. The third-order valence-electron chi connectivity index (χ3n) is 2.55. The van der Waals surface area contributed by atoms with Crippen molar-refractivity contribution < 1.29 is 18.2 Å². The molecule has 0 unspecified atom stereocenters. The Morgan fingerprint density at radius 3 is 2.44 bits per heavy atom. The van der Waals surface area contributed by atoms with Gasteiger partial charge in [-0.25, -0.2) is 5.10 Å². The lowest BCUT2D eigenvalue weighted by molar-refractivity contribution is -0.139. The molecule has 100 valence electrons. The van der Waals surface area contributed by atoms with E-state index in [1.165, 1.54) is 11.7 Å². The molecular weight excluding hydrogens is 250 g/mol. The van der Waals surface area contributed by atoms with Gasteiger partial charge >= 0.3 is 13.8 Å². The van der Waals surface area contributed by atoms with Crippen LogP contribution < -0.4 is 10.4 Å². The van der Waals surface area contributed by atoms with Gasteiger partial charge in [-0.1, -0.05) is 6.92 Å². The monoisotopic (exact) mass is 263 g/mol. The minimum absolute atomic E-state index is 0.00238. The Hall–Kier alpha value is -1.51. The quantitative estimate of drug-likeness (QED) is 0.773. The molecule has 0 saturated heterocycles. The SMILES string of the molecule is CCc1c(N(BO)CC)n[nH]c(=O)c1C(F)(F)F. The minimum Gasteiger partial charge on any atom is -0.435 e. The number of hydrogen-bond donors (Lipinski definition) is 2. The van der Waals surface area contributed by atoms with Crippen molar-refractivity contribution in [3.05, 3.63) is 21.5 Å². The fourth-order valence-electron chi connectivity index (χ4n) is 1.69. The summed E-state index contributed by atoms with van der Waals surface area (Å²) in [7, 11) is -0.472. The van der Waals surface area contributed by atoms with E-state index in [4.69, 9.17) is 5.02 Å². The molecule has 0 aliphatic carbocycles. The summed E-state index contributed by atoms with van der Waals surface area (Å²) < 4.78 is 38.5. The van der Waals surface area contributed by atoms with Gasteiger partial charge in [-0.05, 0) is 13.3 Å². The molecule has 18 heavy (non-hydrogen) atoms. The van der Waals surface area contributed by atoms with Crippen LogP contribution in [0.25, 0.3) is 0 Å². The Morgan fingerprint density at radius 2 is 2.06 bits per heavy atom. The Kier molecular flexibility index (Phi) is 4.39. The first-order valence-electron chi connectivity index (χ1n) is 5.41. The Labute approximate surface area is 102 Å². The molecule has 0 atom stereocenters. The van der Waals surface area contributed by atoms with Crippen LogP contribution in [0.2, 0.25) is 0 Å². The van der Waals surface area contributed by atoms with Crippen molar-refractivity contribution in [1.29, 1.82) is 0 Å². The molecule has 1 aromatic rings. The number of aromatic amines is 1. The van der Waals surface area contributed by atoms with Crippen LogP contribution in [0, 0.1) is 0 Å². The van der Waals surface area contributed by atoms with Crippen molar-refractivity contribution in [2.75, 3.05) is 11.4 Å². The maximum Gasteiger partial charge on any atom is 0.422 e. The van der Waals surface area contributed by atoms with Gasteiger partial charge in [-0.2, -0.15) is 18.3 Å². The summed E-state index contributed by atoms with van der Waals surface area (Å²) in [6.45, 7) is 3.44. The Bertz CT molecular complexity index is 471. The van der Waals surface area contributed by atoms with Crippen LogP contribution in [0.5, 0.6) is 0 Å². The fourth-order valence-corrected chi connectivity index (χ4v) is 1.69. The molecule has 1 rings (SSSR count). The largest absolute Gasteiger partial charge is 0.435 e. The maximum absolute atomic E-state index is 12.8. The highest BCUT2D eigenvalue weighted by Gasteiger charge is 2.38. The average Bonchev–Trinajstić information content (AvgIpc) is 2.30. The van der Waals surface area contributed by atoms with Crippen molar-refractivity contribution in [2.24, 2.45) is 0 Å². The van der Waals surface area contributed by atoms with E-state index in [0.717, 1.165) is 0 Å². The van der Waals surface area contributed by atoms with E-state index >= 15 is 0 Å². The van der Waals surface area contributed by atoms with E-state index in [-0.39, 0.29) is 24.3 Å². The first-order valence-corrected chi connectivity index (χ1v) is 5.41. The van der Waals surface area contributed by atoms with Crippen molar-refractivity contribution in [3.8, 4) is 0 Å². The molecule has 0 bridgehead atoms. The number of aromatic nitrogens is 2. The van der Waals surface area contributed by atoms with E-state index in [0.29, 0.717) is 0 Å². The number of nitrogens with one attached hydrogen (secondary N) is 1. The summed E-state index contributed by atoms with van der Waals surface area (Å²) in [5.41, 5.74) is -2.72. The molecule has 0 spiro atoms. The summed E-state index contributed by atoms with van der Waals surface area (Å²) in [6.07, 6.45) is -4.75. The van der Waals surface area contributed by atoms with Crippen LogP contribution in [0.3, 0.4) is 0 Å². The molecule has 0 aliphatic heterocycles.